The van der Waals surface area contributed by atoms with E-state index in [0.717, 1.165) is 0 Å². The number of hydrogen-bond acceptors (Lipinski definition) is 4. The van der Waals surface area contributed by atoms with Crippen LogP contribution >= 0.6 is 23.2 Å². The van der Waals surface area contributed by atoms with E-state index in [1.807, 2.05) is 0 Å². The Hall–Kier alpha value is -2.15. The molecule has 8 heteroatoms. The van der Waals surface area contributed by atoms with Gasteiger partial charge in [0.15, 0.2) is 0 Å². The number of nitrogens with one attached hydrogen (secondary N) is 2. The quantitative estimate of drug-likeness (QED) is 0.706. The van der Waals surface area contributed by atoms with E-state index >= 15 is 0 Å². The highest BCUT2D eigenvalue weighted by atomic mass is 35.5. The average Bonchev–Trinajstić information content (AvgIpc) is 2.61. The predicted molar refractivity (Wildman–Crippen MR) is 98.0 cm³/mol. The number of aliphatic hydroxyl groups is 1. The Morgan fingerprint density at radius 1 is 1.16 bits per heavy atom. The molecule has 0 aliphatic rings. The fourth-order valence-electron chi connectivity index (χ4n) is 2.16. The van der Waals surface area contributed by atoms with Gasteiger partial charge in [0.1, 0.15) is 17.6 Å². The number of carbonyl (C=O) groups is 1. The van der Waals surface area contributed by atoms with Gasteiger partial charge in [-0.15, -0.1) is 0 Å². The maximum absolute atomic E-state index is 12.0. The molecule has 0 bridgehead atoms. The number of urea groups is 1. The van der Waals surface area contributed by atoms with E-state index in [1.165, 1.54) is 20.3 Å². The first-order valence-corrected chi connectivity index (χ1v) is 8.10. The zero-order valence-corrected chi connectivity index (χ0v) is 15.2. The van der Waals surface area contributed by atoms with Gasteiger partial charge in [-0.1, -0.05) is 23.2 Å². The first-order chi connectivity index (χ1) is 11.9. The highest BCUT2D eigenvalue weighted by Crippen LogP contribution is 2.29. The minimum absolute atomic E-state index is 0.0272. The van der Waals surface area contributed by atoms with Gasteiger partial charge in [-0.05, 0) is 36.4 Å². The van der Waals surface area contributed by atoms with Crippen LogP contribution in [-0.2, 0) is 0 Å². The van der Waals surface area contributed by atoms with Crippen LogP contribution in [-0.4, -0.2) is 31.9 Å². The first-order valence-electron chi connectivity index (χ1n) is 7.34. The second-order valence-corrected chi connectivity index (χ2v) is 5.93. The topological polar surface area (TPSA) is 79.8 Å². The average molecular weight is 385 g/mol. The van der Waals surface area contributed by atoms with E-state index < -0.39 is 12.1 Å². The summed E-state index contributed by atoms with van der Waals surface area (Å²) in [6, 6.07) is 9.27. The maximum Gasteiger partial charge on any atom is 0.319 e. The zero-order valence-electron chi connectivity index (χ0n) is 13.7. The largest absolute Gasteiger partial charge is 0.497 e. The zero-order chi connectivity index (χ0) is 18.4. The third-order valence-electron chi connectivity index (χ3n) is 3.43. The number of ether oxygens (including phenoxy) is 2. The number of anilines is 1. The van der Waals surface area contributed by atoms with Crippen molar-refractivity contribution < 1.29 is 19.4 Å². The van der Waals surface area contributed by atoms with E-state index in [9.17, 15) is 9.90 Å². The van der Waals surface area contributed by atoms with Crippen LogP contribution in [0.3, 0.4) is 0 Å². The third-order valence-corrected chi connectivity index (χ3v) is 3.98. The fourth-order valence-corrected chi connectivity index (χ4v) is 2.61. The van der Waals surface area contributed by atoms with Crippen molar-refractivity contribution in [2.45, 2.75) is 6.10 Å². The molecule has 0 saturated heterocycles. The molecule has 0 saturated carbocycles. The Bertz CT molecular complexity index is 755. The van der Waals surface area contributed by atoms with Crippen molar-refractivity contribution in [2.24, 2.45) is 0 Å². The van der Waals surface area contributed by atoms with Gasteiger partial charge in [-0.2, -0.15) is 0 Å². The number of amides is 2. The summed E-state index contributed by atoms with van der Waals surface area (Å²) in [7, 11) is 3.03. The molecule has 1 atom stereocenters. The number of aliphatic hydroxyl groups excluding tert-OH is 1. The summed E-state index contributed by atoms with van der Waals surface area (Å²) < 4.78 is 10.4. The number of methoxy groups -OCH3 is 2. The molecule has 3 N–H and O–H groups in total. The van der Waals surface area contributed by atoms with Crippen LogP contribution in [0.25, 0.3) is 0 Å². The van der Waals surface area contributed by atoms with Gasteiger partial charge < -0.3 is 25.2 Å². The monoisotopic (exact) mass is 384 g/mol. The second kappa shape index (κ2) is 8.80. The van der Waals surface area contributed by atoms with Crippen LogP contribution < -0.4 is 20.1 Å². The van der Waals surface area contributed by atoms with Gasteiger partial charge in [0.25, 0.3) is 0 Å². The van der Waals surface area contributed by atoms with Crippen LogP contribution in [0.15, 0.2) is 36.4 Å². The minimum atomic E-state index is -0.975. The minimum Gasteiger partial charge on any atom is -0.497 e. The van der Waals surface area contributed by atoms with Crippen LogP contribution in [0.5, 0.6) is 11.5 Å². The molecule has 0 spiro atoms. The number of hydrogen-bond donors (Lipinski definition) is 3. The SMILES string of the molecule is COc1ccc(OC)c([C@@H](O)CNC(=O)Nc2ccc(Cl)cc2Cl)c1. The molecule has 2 aromatic carbocycles. The van der Waals surface area contributed by atoms with Gasteiger partial charge in [0.05, 0.1) is 24.9 Å². The van der Waals surface area contributed by atoms with Gasteiger partial charge in [-0.25, -0.2) is 4.79 Å². The predicted octanol–water partition coefficient (Wildman–Crippen LogP) is 3.87. The van der Waals surface area contributed by atoms with E-state index in [0.29, 0.717) is 32.8 Å². The van der Waals surface area contributed by atoms with Gasteiger partial charge in [0, 0.05) is 17.1 Å². The molecule has 2 aromatic rings. The van der Waals surface area contributed by atoms with Crippen molar-refractivity contribution in [3.8, 4) is 11.5 Å². The normalized spacial score (nSPS) is 11.6. The molecule has 0 aromatic heterocycles. The van der Waals surface area contributed by atoms with E-state index in [4.69, 9.17) is 32.7 Å². The van der Waals surface area contributed by atoms with Crippen LogP contribution in [0.2, 0.25) is 10.0 Å². The Kier molecular flexibility index (Phi) is 6.75. The fraction of sp³-hybridized carbons (Fsp3) is 0.235. The van der Waals surface area contributed by atoms with Crippen molar-refractivity contribution >= 4 is 34.9 Å². The second-order valence-electron chi connectivity index (χ2n) is 5.08. The van der Waals surface area contributed by atoms with Gasteiger partial charge in [-0.3, -0.25) is 0 Å². The molecule has 134 valence electrons. The highest BCUT2D eigenvalue weighted by molar-refractivity contribution is 6.36. The molecule has 6 nitrogen and oxygen atoms in total. The Labute approximate surface area is 155 Å². The molecule has 2 rings (SSSR count). The summed E-state index contributed by atoms with van der Waals surface area (Å²) in [6.07, 6.45) is -0.975. The molecule has 0 unspecified atom stereocenters. The molecule has 2 amide bonds. The van der Waals surface area contributed by atoms with E-state index in [1.54, 1.807) is 30.3 Å². The smallest absolute Gasteiger partial charge is 0.319 e. The Morgan fingerprint density at radius 3 is 2.56 bits per heavy atom. The van der Waals surface area contributed by atoms with Crippen molar-refractivity contribution in [1.29, 1.82) is 0 Å². The molecule has 25 heavy (non-hydrogen) atoms. The van der Waals surface area contributed by atoms with Gasteiger partial charge in [0.2, 0.25) is 0 Å². The lowest BCUT2D eigenvalue weighted by atomic mass is 10.1. The van der Waals surface area contributed by atoms with E-state index in [-0.39, 0.29) is 6.54 Å². The molecule has 0 radical (unpaired) electrons. The van der Waals surface area contributed by atoms with Gasteiger partial charge >= 0.3 is 6.03 Å². The summed E-state index contributed by atoms with van der Waals surface area (Å²) in [6.45, 7) is -0.0272. The first kappa shape index (κ1) is 19.2. The third kappa shape index (κ3) is 5.16. The van der Waals surface area contributed by atoms with Crippen molar-refractivity contribution in [3.63, 3.8) is 0 Å². The van der Waals surface area contributed by atoms with Crippen molar-refractivity contribution in [1.82, 2.24) is 5.32 Å². The number of rotatable bonds is 6. The number of benzene rings is 2. The summed E-state index contributed by atoms with van der Waals surface area (Å²) in [5.74, 6) is 1.07. The number of carbonyl (C=O) groups excluding carboxylic acids is 1. The molecule has 0 aliphatic carbocycles. The lowest BCUT2D eigenvalue weighted by Crippen LogP contribution is -2.32. The Morgan fingerprint density at radius 2 is 1.92 bits per heavy atom. The summed E-state index contributed by atoms with van der Waals surface area (Å²) in [5, 5.41) is 16.3. The van der Waals surface area contributed by atoms with Crippen LogP contribution in [0.1, 0.15) is 11.7 Å². The summed E-state index contributed by atoms with van der Waals surface area (Å²) in [4.78, 5) is 12.0. The van der Waals surface area contributed by atoms with Crippen LogP contribution in [0.4, 0.5) is 10.5 Å². The maximum atomic E-state index is 12.0. The number of halogens is 2. The summed E-state index contributed by atoms with van der Waals surface area (Å²) >= 11 is 11.8. The highest BCUT2D eigenvalue weighted by Gasteiger charge is 2.16. The van der Waals surface area contributed by atoms with E-state index in [2.05, 4.69) is 10.6 Å². The molecule has 0 fully saturated rings. The lowest BCUT2D eigenvalue weighted by molar-refractivity contribution is 0.170. The molecular formula is C17H18Cl2N2O4. The molecule has 0 heterocycles. The molecule has 0 aliphatic heterocycles. The van der Waals surface area contributed by atoms with Crippen molar-refractivity contribution in [3.05, 3.63) is 52.0 Å². The summed E-state index contributed by atoms with van der Waals surface area (Å²) in [5.41, 5.74) is 0.920. The molecular weight excluding hydrogens is 367 g/mol. The Balaban J connectivity index is 1.99. The standard InChI is InChI=1S/C17H18Cl2N2O4/c1-24-11-4-6-16(25-2)12(8-11)15(22)9-20-17(23)21-14-5-3-10(18)7-13(14)19/h3-8,15,22H,9H2,1-2H3,(H2,20,21,23)/t15-/m0/s1. The lowest BCUT2D eigenvalue weighted by Gasteiger charge is -2.17. The van der Waals surface area contributed by atoms with Crippen molar-refractivity contribution in [2.75, 3.05) is 26.1 Å². The van der Waals surface area contributed by atoms with Crippen LogP contribution in [0, 0.1) is 0 Å².